The molecule has 0 aliphatic heterocycles. The highest BCUT2D eigenvalue weighted by molar-refractivity contribution is 5.82. The van der Waals surface area contributed by atoms with Gasteiger partial charge in [-0.1, -0.05) is 19.1 Å². The Kier molecular flexibility index (Phi) is 5.32. The molecule has 1 aromatic carbocycles. The summed E-state index contributed by atoms with van der Waals surface area (Å²) in [5, 5.41) is 21.2. The van der Waals surface area contributed by atoms with Crippen molar-refractivity contribution in [1.29, 1.82) is 0 Å². The lowest BCUT2D eigenvalue weighted by Gasteiger charge is -2.28. The molecule has 5 N–H and O–H groups in total. The largest absolute Gasteiger partial charge is 0.508 e. The van der Waals surface area contributed by atoms with Gasteiger partial charge in [-0.25, -0.2) is 0 Å². The minimum absolute atomic E-state index is 0.124. The van der Waals surface area contributed by atoms with Gasteiger partial charge in [-0.05, 0) is 37.5 Å². The van der Waals surface area contributed by atoms with Crippen LogP contribution in [0.15, 0.2) is 24.3 Å². The number of nitrogens with two attached hydrogens (primary N) is 1. The molecule has 0 spiro atoms. The van der Waals surface area contributed by atoms with E-state index in [2.05, 4.69) is 5.32 Å². The molecule has 0 heterocycles. The molecule has 2 atom stereocenters. The fraction of sp³-hybridized carbons (Fsp3) is 0.500. The van der Waals surface area contributed by atoms with Crippen molar-refractivity contribution in [2.75, 3.05) is 6.61 Å². The molecule has 0 saturated carbocycles. The van der Waals surface area contributed by atoms with Gasteiger partial charge >= 0.3 is 0 Å². The molecular formula is C14H22N2O3. The number of carbonyl (C=O) groups is 1. The smallest absolute Gasteiger partial charge is 0.237 e. The van der Waals surface area contributed by atoms with Crippen LogP contribution in [0.5, 0.6) is 5.75 Å². The number of aromatic hydroxyl groups is 1. The Morgan fingerprint density at radius 2 is 2.00 bits per heavy atom. The van der Waals surface area contributed by atoms with E-state index in [1.165, 1.54) is 0 Å². The summed E-state index contributed by atoms with van der Waals surface area (Å²) in [6.45, 7) is 3.54. The molecule has 0 aromatic heterocycles. The number of hydrogen-bond acceptors (Lipinski definition) is 4. The maximum absolute atomic E-state index is 12.0. The molecule has 0 fully saturated rings. The van der Waals surface area contributed by atoms with E-state index in [1.54, 1.807) is 31.2 Å². The van der Waals surface area contributed by atoms with Crippen LogP contribution in [-0.2, 0) is 11.2 Å². The standard InChI is InChI=1S/C14H22N2O3/c1-3-14(2,9-17)16-13(19)12(15)8-10-4-6-11(18)7-5-10/h4-7,12,17-18H,3,8-9,15H2,1-2H3,(H,16,19). The SMILES string of the molecule is CCC(C)(CO)NC(=O)C(N)Cc1ccc(O)cc1. The van der Waals surface area contributed by atoms with Gasteiger partial charge in [0.2, 0.25) is 5.91 Å². The monoisotopic (exact) mass is 266 g/mol. The van der Waals surface area contributed by atoms with Crippen LogP contribution >= 0.6 is 0 Å². The van der Waals surface area contributed by atoms with E-state index < -0.39 is 11.6 Å². The van der Waals surface area contributed by atoms with Crippen LogP contribution in [-0.4, -0.2) is 34.3 Å². The number of aliphatic hydroxyl groups is 1. The summed E-state index contributed by atoms with van der Waals surface area (Å²) in [4.78, 5) is 12.0. The van der Waals surface area contributed by atoms with Crippen molar-refractivity contribution >= 4 is 5.91 Å². The number of amides is 1. The van der Waals surface area contributed by atoms with Crippen molar-refractivity contribution in [3.8, 4) is 5.75 Å². The van der Waals surface area contributed by atoms with Crippen LogP contribution in [0, 0.1) is 0 Å². The zero-order chi connectivity index (χ0) is 14.5. The molecule has 1 aromatic rings. The molecule has 5 heteroatoms. The first kappa shape index (κ1) is 15.5. The molecular weight excluding hydrogens is 244 g/mol. The van der Waals surface area contributed by atoms with Gasteiger partial charge in [0.05, 0.1) is 18.2 Å². The van der Waals surface area contributed by atoms with Crippen molar-refractivity contribution < 1.29 is 15.0 Å². The Morgan fingerprint density at radius 3 is 2.47 bits per heavy atom. The number of phenols is 1. The van der Waals surface area contributed by atoms with E-state index in [1.807, 2.05) is 6.92 Å². The molecule has 19 heavy (non-hydrogen) atoms. The normalized spacial score (nSPS) is 15.6. The minimum atomic E-state index is -0.679. The summed E-state index contributed by atoms with van der Waals surface area (Å²) in [6.07, 6.45) is 1.01. The fourth-order valence-electron chi connectivity index (χ4n) is 1.61. The molecule has 0 radical (unpaired) electrons. The van der Waals surface area contributed by atoms with Crippen molar-refractivity contribution in [2.24, 2.45) is 5.73 Å². The second-order valence-electron chi connectivity index (χ2n) is 5.04. The number of carbonyl (C=O) groups excluding carboxylic acids is 1. The van der Waals surface area contributed by atoms with E-state index in [0.717, 1.165) is 5.56 Å². The topological polar surface area (TPSA) is 95.6 Å². The summed E-state index contributed by atoms with van der Waals surface area (Å²) < 4.78 is 0. The molecule has 5 nitrogen and oxygen atoms in total. The van der Waals surface area contributed by atoms with Gasteiger partial charge < -0.3 is 21.3 Å². The first-order chi connectivity index (χ1) is 8.90. The molecule has 0 bridgehead atoms. The van der Waals surface area contributed by atoms with Gasteiger partial charge in [-0.2, -0.15) is 0 Å². The number of benzene rings is 1. The fourth-order valence-corrected chi connectivity index (χ4v) is 1.61. The number of nitrogens with one attached hydrogen (secondary N) is 1. The Balaban J connectivity index is 2.60. The van der Waals surface area contributed by atoms with E-state index in [0.29, 0.717) is 12.8 Å². The second kappa shape index (κ2) is 6.54. The first-order valence-electron chi connectivity index (χ1n) is 6.36. The van der Waals surface area contributed by atoms with Gasteiger partial charge in [0.25, 0.3) is 0 Å². The highest BCUT2D eigenvalue weighted by atomic mass is 16.3. The van der Waals surface area contributed by atoms with Crippen molar-refractivity contribution in [2.45, 2.75) is 38.3 Å². The third-order valence-corrected chi connectivity index (χ3v) is 3.28. The van der Waals surface area contributed by atoms with Crippen LogP contribution in [0.3, 0.4) is 0 Å². The lowest BCUT2D eigenvalue weighted by atomic mass is 9.98. The Bertz CT molecular complexity index is 413. The van der Waals surface area contributed by atoms with Crippen LogP contribution < -0.4 is 11.1 Å². The quantitative estimate of drug-likeness (QED) is 0.604. The molecule has 0 saturated heterocycles. The Labute approximate surface area is 113 Å². The summed E-state index contributed by atoms with van der Waals surface area (Å²) in [6, 6.07) is 5.90. The first-order valence-corrected chi connectivity index (χ1v) is 6.36. The third-order valence-electron chi connectivity index (χ3n) is 3.28. The van der Waals surface area contributed by atoms with Gasteiger partial charge in [-0.15, -0.1) is 0 Å². The van der Waals surface area contributed by atoms with Gasteiger partial charge in [0.15, 0.2) is 0 Å². The average molecular weight is 266 g/mol. The number of aliphatic hydroxyl groups excluding tert-OH is 1. The van der Waals surface area contributed by atoms with E-state index in [-0.39, 0.29) is 18.3 Å². The molecule has 106 valence electrons. The minimum Gasteiger partial charge on any atom is -0.508 e. The third kappa shape index (κ3) is 4.54. The average Bonchev–Trinajstić information content (AvgIpc) is 2.41. The molecule has 1 rings (SSSR count). The maximum Gasteiger partial charge on any atom is 0.237 e. The lowest BCUT2D eigenvalue weighted by Crippen LogP contribution is -2.54. The number of hydrogen-bond donors (Lipinski definition) is 4. The van der Waals surface area contributed by atoms with E-state index >= 15 is 0 Å². The molecule has 1 amide bonds. The van der Waals surface area contributed by atoms with Gasteiger partial charge in [0, 0.05) is 0 Å². The van der Waals surface area contributed by atoms with Crippen LogP contribution in [0.4, 0.5) is 0 Å². The lowest BCUT2D eigenvalue weighted by molar-refractivity contribution is -0.124. The highest BCUT2D eigenvalue weighted by Gasteiger charge is 2.26. The van der Waals surface area contributed by atoms with Crippen LogP contribution in [0.2, 0.25) is 0 Å². The van der Waals surface area contributed by atoms with Crippen LogP contribution in [0.1, 0.15) is 25.8 Å². The van der Waals surface area contributed by atoms with Crippen molar-refractivity contribution in [3.05, 3.63) is 29.8 Å². The molecule has 0 aliphatic rings. The number of rotatable bonds is 6. The van der Waals surface area contributed by atoms with Gasteiger partial charge in [-0.3, -0.25) is 4.79 Å². The summed E-state index contributed by atoms with van der Waals surface area (Å²) in [5.41, 5.74) is 6.09. The number of phenolic OH excluding ortho intramolecular Hbond substituents is 1. The van der Waals surface area contributed by atoms with E-state index in [4.69, 9.17) is 5.73 Å². The summed E-state index contributed by atoms with van der Waals surface area (Å²) >= 11 is 0. The van der Waals surface area contributed by atoms with Crippen molar-refractivity contribution in [1.82, 2.24) is 5.32 Å². The Hall–Kier alpha value is -1.59. The van der Waals surface area contributed by atoms with Crippen molar-refractivity contribution in [3.63, 3.8) is 0 Å². The maximum atomic E-state index is 12.0. The predicted molar refractivity (Wildman–Crippen MR) is 73.7 cm³/mol. The van der Waals surface area contributed by atoms with E-state index in [9.17, 15) is 15.0 Å². The summed E-state index contributed by atoms with van der Waals surface area (Å²) in [7, 11) is 0. The molecule has 0 aliphatic carbocycles. The van der Waals surface area contributed by atoms with Gasteiger partial charge in [0.1, 0.15) is 5.75 Å². The second-order valence-corrected chi connectivity index (χ2v) is 5.04. The van der Waals surface area contributed by atoms with Crippen LogP contribution in [0.25, 0.3) is 0 Å². The zero-order valence-corrected chi connectivity index (χ0v) is 11.4. The predicted octanol–water partition coefficient (Wildman–Crippen LogP) is 0.539. The Morgan fingerprint density at radius 1 is 1.42 bits per heavy atom. The summed E-state index contributed by atoms with van der Waals surface area (Å²) in [5.74, 6) is -0.105. The zero-order valence-electron chi connectivity index (χ0n) is 11.4. The highest BCUT2D eigenvalue weighted by Crippen LogP contribution is 2.12. The molecule has 2 unspecified atom stereocenters.